The molecule has 0 bridgehead atoms. The van der Waals surface area contributed by atoms with Crippen LogP contribution in [0.1, 0.15) is 27.9 Å². The predicted octanol–water partition coefficient (Wildman–Crippen LogP) is 2.80. The van der Waals surface area contributed by atoms with Crippen LogP contribution in [-0.2, 0) is 6.61 Å². The SMILES string of the molecule is Cc1cccc(COc2cccc(C(=O)N3CCCN(C(N)=O)CC3)c2)c1. The lowest BCUT2D eigenvalue weighted by Crippen LogP contribution is -2.39. The van der Waals surface area contributed by atoms with Gasteiger partial charge < -0.3 is 20.3 Å². The van der Waals surface area contributed by atoms with Gasteiger partial charge in [0.1, 0.15) is 12.4 Å². The molecule has 2 N–H and O–H groups in total. The number of hydrogen-bond donors (Lipinski definition) is 1. The van der Waals surface area contributed by atoms with Gasteiger partial charge in [0.15, 0.2) is 0 Å². The standard InChI is InChI=1S/C21H25N3O3/c1-16-5-2-6-17(13-16)15-27-19-8-3-7-18(14-19)20(25)23-9-4-10-24(12-11-23)21(22)26/h2-3,5-8,13-14H,4,9-12,15H2,1H3,(H2,22,26). The number of primary amides is 1. The molecule has 27 heavy (non-hydrogen) atoms. The highest BCUT2D eigenvalue weighted by Crippen LogP contribution is 2.18. The molecule has 0 aliphatic carbocycles. The Labute approximate surface area is 159 Å². The first-order chi connectivity index (χ1) is 13.0. The quantitative estimate of drug-likeness (QED) is 0.903. The van der Waals surface area contributed by atoms with Crippen LogP contribution in [0.2, 0.25) is 0 Å². The van der Waals surface area contributed by atoms with E-state index in [1.165, 1.54) is 5.56 Å². The van der Waals surface area contributed by atoms with Gasteiger partial charge in [-0.3, -0.25) is 4.79 Å². The third kappa shape index (κ3) is 5.00. The second-order valence-corrected chi connectivity index (χ2v) is 6.78. The van der Waals surface area contributed by atoms with Crippen LogP contribution in [-0.4, -0.2) is 47.9 Å². The van der Waals surface area contributed by atoms with Gasteiger partial charge in [0.25, 0.3) is 5.91 Å². The fourth-order valence-corrected chi connectivity index (χ4v) is 3.21. The second-order valence-electron chi connectivity index (χ2n) is 6.78. The Hall–Kier alpha value is -3.02. The molecular formula is C21H25N3O3. The second kappa shape index (κ2) is 8.58. The molecule has 1 fully saturated rings. The Morgan fingerprint density at radius 2 is 1.74 bits per heavy atom. The van der Waals surface area contributed by atoms with E-state index in [-0.39, 0.29) is 5.91 Å². The number of amides is 3. The number of hydrogen-bond acceptors (Lipinski definition) is 3. The van der Waals surface area contributed by atoms with Crippen molar-refractivity contribution in [3.05, 3.63) is 65.2 Å². The van der Waals surface area contributed by atoms with Gasteiger partial charge in [-0.05, 0) is 37.1 Å². The normalized spacial score (nSPS) is 14.6. The average molecular weight is 367 g/mol. The van der Waals surface area contributed by atoms with Crippen LogP contribution in [0.15, 0.2) is 48.5 Å². The third-order valence-corrected chi connectivity index (χ3v) is 4.66. The number of benzene rings is 2. The Morgan fingerprint density at radius 3 is 2.52 bits per heavy atom. The van der Waals surface area contributed by atoms with Crippen molar-refractivity contribution in [2.75, 3.05) is 26.2 Å². The number of carbonyl (C=O) groups excluding carboxylic acids is 2. The van der Waals surface area contributed by atoms with E-state index in [2.05, 4.69) is 6.07 Å². The number of carbonyl (C=O) groups is 2. The maximum atomic E-state index is 12.8. The van der Waals surface area contributed by atoms with Gasteiger partial charge in [-0.2, -0.15) is 0 Å². The summed E-state index contributed by atoms with van der Waals surface area (Å²) >= 11 is 0. The third-order valence-electron chi connectivity index (χ3n) is 4.66. The minimum Gasteiger partial charge on any atom is -0.489 e. The molecule has 1 heterocycles. The predicted molar refractivity (Wildman–Crippen MR) is 104 cm³/mol. The summed E-state index contributed by atoms with van der Waals surface area (Å²) in [7, 11) is 0. The van der Waals surface area contributed by atoms with E-state index in [4.69, 9.17) is 10.5 Å². The van der Waals surface area contributed by atoms with Gasteiger partial charge in [-0.1, -0.05) is 35.9 Å². The highest BCUT2D eigenvalue weighted by Gasteiger charge is 2.21. The van der Waals surface area contributed by atoms with Crippen LogP contribution in [0, 0.1) is 6.92 Å². The molecule has 0 spiro atoms. The number of urea groups is 1. The summed E-state index contributed by atoms with van der Waals surface area (Å²) in [5.74, 6) is 0.610. The Kier molecular flexibility index (Phi) is 5.96. The molecule has 0 saturated carbocycles. The van der Waals surface area contributed by atoms with Gasteiger partial charge >= 0.3 is 6.03 Å². The van der Waals surface area contributed by atoms with Crippen molar-refractivity contribution in [3.63, 3.8) is 0 Å². The number of aryl methyl sites for hydroxylation is 1. The summed E-state index contributed by atoms with van der Waals surface area (Å²) in [5, 5.41) is 0. The van der Waals surface area contributed by atoms with Crippen molar-refractivity contribution in [1.29, 1.82) is 0 Å². The van der Waals surface area contributed by atoms with E-state index in [9.17, 15) is 9.59 Å². The Balaban J connectivity index is 1.64. The molecule has 142 valence electrons. The topological polar surface area (TPSA) is 75.9 Å². The zero-order valence-electron chi connectivity index (χ0n) is 15.6. The number of rotatable bonds is 4. The smallest absolute Gasteiger partial charge is 0.314 e. The molecule has 2 aromatic carbocycles. The van der Waals surface area contributed by atoms with Crippen molar-refractivity contribution < 1.29 is 14.3 Å². The van der Waals surface area contributed by atoms with Gasteiger partial charge in [-0.15, -0.1) is 0 Å². The zero-order valence-corrected chi connectivity index (χ0v) is 15.6. The lowest BCUT2D eigenvalue weighted by atomic mass is 10.1. The van der Waals surface area contributed by atoms with Crippen LogP contribution in [0.25, 0.3) is 0 Å². The fourth-order valence-electron chi connectivity index (χ4n) is 3.21. The molecule has 6 heteroatoms. The number of nitrogens with zero attached hydrogens (tertiary/aromatic N) is 2. The molecule has 3 rings (SSSR count). The molecule has 0 unspecified atom stereocenters. The summed E-state index contributed by atoms with van der Waals surface area (Å²) in [6.45, 7) is 4.64. The van der Waals surface area contributed by atoms with Crippen molar-refractivity contribution in [1.82, 2.24) is 9.80 Å². The minimum absolute atomic E-state index is 0.0534. The monoisotopic (exact) mass is 367 g/mol. The molecule has 6 nitrogen and oxygen atoms in total. The summed E-state index contributed by atoms with van der Waals surface area (Å²) < 4.78 is 5.86. The van der Waals surface area contributed by atoms with E-state index in [1.54, 1.807) is 21.9 Å². The molecule has 0 aromatic heterocycles. The van der Waals surface area contributed by atoms with Gasteiger partial charge in [0.05, 0.1) is 0 Å². The zero-order chi connectivity index (χ0) is 19.2. The molecule has 1 saturated heterocycles. The van der Waals surface area contributed by atoms with Gasteiger partial charge in [0.2, 0.25) is 0 Å². The Morgan fingerprint density at radius 1 is 1.00 bits per heavy atom. The van der Waals surface area contributed by atoms with E-state index >= 15 is 0 Å². The molecule has 2 aromatic rings. The minimum atomic E-state index is -0.434. The summed E-state index contributed by atoms with van der Waals surface area (Å²) in [6, 6.07) is 15.0. The molecule has 1 aliphatic rings. The first-order valence-corrected chi connectivity index (χ1v) is 9.15. The highest BCUT2D eigenvalue weighted by molar-refractivity contribution is 5.94. The van der Waals surface area contributed by atoms with Crippen LogP contribution in [0.3, 0.4) is 0 Å². The summed E-state index contributed by atoms with van der Waals surface area (Å²) in [5.41, 5.74) is 8.21. The lowest BCUT2D eigenvalue weighted by molar-refractivity contribution is 0.0762. The maximum absolute atomic E-state index is 12.8. The van der Waals surface area contributed by atoms with Crippen LogP contribution < -0.4 is 10.5 Å². The van der Waals surface area contributed by atoms with E-state index in [1.807, 2.05) is 37.3 Å². The molecule has 0 radical (unpaired) electrons. The number of nitrogens with two attached hydrogens (primary N) is 1. The average Bonchev–Trinajstić information content (AvgIpc) is 2.92. The molecule has 3 amide bonds. The lowest BCUT2D eigenvalue weighted by Gasteiger charge is -2.21. The largest absolute Gasteiger partial charge is 0.489 e. The van der Waals surface area contributed by atoms with Crippen molar-refractivity contribution in [3.8, 4) is 5.75 Å². The maximum Gasteiger partial charge on any atom is 0.314 e. The van der Waals surface area contributed by atoms with Crippen LogP contribution >= 0.6 is 0 Å². The highest BCUT2D eigenvalue weighted by atomic mass is 16.5. The fraction of sp³-hybridized carbons (Fsp3) is 0.333. The molecule has 0 atom stereocenters. The van der Waals surface area contributed by atoms with Crippen molar-refractivity contribution >= 4 is 11.9 Å². The van der Waals surface area contributed by atoms with Crippen molar-refractivity contribution in [2.24, 2.45) is 5.73 Å². The summed E-state index contributed by atoms with van der Waals surface area (Å²) in [4.78, 5) is 27.5. The van der Waals surface area contributed by atoms with Crippen LogP contribution in [0.4, 0.5) is 4.79 Å². The first kappa shape index (κ1) is 18.8. The molecule has 1 aliphatic heterocycles. The molecular weight excluding hydrogens is 342 g/mol. The van der Waals surface area contributed by atoms with Gasteiger partial charge in [-0.25, -0.2) is 4.79 Å². The van der Waals surface area contributed by atoms with E-state index in [0.717, 1.165) is 12.0 Å². The number of ether oxygens (including phenoxy) is 1. The van der Waals surface area contributed by atoms with E-state index in [0.29, 0.717) is 44.1 Å². The first-order valence-electron chi connectivity index (χ1n) is 9.15. The summed E-state index contributed by atoms with van der Waals surface area (Å²) in [6.07, 6.45) is 0.720. The Bertz CT molecular complexity index is 822. The van der Waals surface area contributed by atoms with E-state index < -0.39 is 6.03 Å². The van der Waals surface area contributed by atoms with Crippen LogP contribution in [0.5, 0.6) is 5.75 Å². The van der Waals surface area contributed by atoms with Gasteiger partial charge in [0, 0.05) is 31.7 Å². The van der Waals surface area contributed by atoms with Crippen molar-refractivity contribution in [2.45, 2.75) is 20.0 Å².